The van der Waals surface area contributed by atoms with Crippen LogP contribution in [-0.2, 0) is 19.6 Å². The van der Waals surface area contributed by atoms with Gasteiger partial charge >= 0.3 is 5.97 Å². The van der Waals surface area contributed by atoms with Crippen molar-refractivity contribution >= 4 is 21.9 Å². The van der Waals surface area contributed by atoms with E-state index in [0.717, 1.165) is 0 Å². The van der Waals surface area contributed by atoms with Gasteiger partial charge in [0.25, 0.3) is 0 Å². The van der Waals surface area contributed by atoms with Gasteiger partial charge in [-0.3, -0.25) is 9.59 Å². The SMILES string of the molecule is CC(C)S(=O)(=O)NCC(=O)NCC(=O)O. The Balaban J connectivity index is 3.97. The Morgan fingerprint density at radius 1 is 1.27 bits per heavy atom. The number of carbonyl (C=O) groups is 2. The molecule has 1 amide bonds. The first-order chi connectivity index (χ1) is 6.75. The van der Waals surface area contributed by atoms with E-state index in [-0.39, 0.29) is 0 Å². The molecule has 0 aliphatic heterocycles. The van der Waals surface area contributed by atoms with Gasteiger partial charge in [0, 0.05) is 0 Å². The highest BCUT2D eigenvalue weighted by atomic mass is 32.2. The van der Waals surface area contributed by atoms with E-state index in [1.807, 2.05) is 10.0 Å². The summed E-state index contributed by atoms with van der Waals surface area (Å²) in [6.45, 7) is 1.96. The Kier molecular flexibility index (Phi) is 5.23. The molecule has 15 heavy (non-hydrogen) atoms. The first-order valence-electron chi connectivity index (χ1n) is 4.22. The zero-order valence-corrected chi connectivity index (χ0v) is 9.30. The molecule has 0 atom stereocenters. The lowest BCUT2D eigenvalue weighted by Crippen LogP contribution is -2.41. The van der Waals surface area contributed by atoms with Crippen molar-refractivity contribution in [1.82, 2.24) is 10.0 Å². The molecule has 0 heterocycles. The van der Waals surface area contributed by atoms with Crippen molar-refractivity contribution in [3.05, 3.63) is 0 Å². The van der Waals surface area contributed by atoms with E-state index in [9.17, 15) is 18.0 Å². The smallest absolute Gasteiger partial charge is 0.322 e. The van der Waals surface area contributed by atoms with E-state index in [4.69, 9.17) is 5.11 Å². The molecule has 8 heteroatoms. The van der Waals surface area contributed by atoms with Crippen LogP contribution in [0.4, 0.5) is 0 Å². The molecule has 0 aliphatic carbocycles. The van der Waals surface area contributed by atoms with Crippen LogP contribution in [0.1, 0.15) is 13.8 Å². The summed E-state index contributed by atoms with van der Waals surface area (Å²) in [5, 5.41) is 9.62. The molecule has 7 nitrogen and oxygen atoms in total. The molecule has 0 aromatic carbocycles. The molecule has 0 radical (unpaired) electrons. The summed E-state index contributed by atoms with van der Waals surface area (Å²) in [6.07, 6.45) is 0. The maximum Gasteiger partial charge on any atom is 0.322 e. The van der Waals surface area contributed by atoms with Gasteiger partial charge in [0.2, 0.25) is 15.9 Å². The third kappa shape index (κ3) is 6.02. The van der Waals surface area contributed by atoms with E-state index < -0.39 is 40.2 Å². The Bertz CT molecular complexity index is 335. The van der Waals surface area contributed by atoms with Gasteiger partial charge in [0.1, 0.15) is 6.54 Å². The highest BCUT2D eigenvalue weighted by Gasteiger charge is 2.16. The summed E-state index contributed by atoms with van der Waals surface area (Å²) >= 11 is 0. The lowest BCUT2D eigenvalue weighted by atomic mass is 10.5. The van der Waals surface area contributed by atoms with E-state index in [0.29, 0.717) is 0 Å². The van der Waals surface area contributed by atoms with E-state index in [1.165, 1.54) is 13.8 Å². The fraction of sp³-hybridized carbons (Fsp3) is 0.714. The molecule has 3 N–H and O–H groups in total. The zero-order valence-electron chi connectivity index (χ0n) is 8.48. The van der Waals surface area contributed by atoms with Crippen molar-refractivity contribution in [3.8, 4) is 0 Å². The Hall–Kier alpha value is -1.15. The number of nitrogens with one attached hydrogen (secondary N) is 2. The second-order valence-electron chi connectivity index (χ2n) is 3.09. The molecular weight excluding hydrogens is 224 g/mol. The average Bonchev–Trinajstić information content (AvgIpc) is 2.11. The molecule has 0 bridgehead atoms. The molecule has 0 unspecified atom stereocenters. The van der Waals surface area contributed by atoms with Gasteiger partial charge < -0.3 is 10.4 Å². The number of carbonyl (C=O) groups excluding carboxylic acids is 1. The quantitative estimate of drug-likeness (QED) is 0.522. The topological polar surface area (TPSA) is 113 Å². The van der Waals surface area contributed by atoms with Crippen LogP contribution >= 0.6 is 0 Å². The number of carboxylic acids is 1. The number of aliphatic carboxylic acids is 1. The van der Waals surface area contributed by atoms with Crippen molar-refractivity contribution in [2.75, 3.05) is 13.1 Å². The molecule has 0 aliphatic rings. The number of amides is 1. The first kappa shape index (κ1) is 13.8. The number of sulfonamides is 1. The normalized spacial score (nSPS) is 11.4. The van der Waals surface area contributed by atoms with Crippen LogP contribution in [0.25, 0.3) is 0 Å². The minimum atomic E-state index is -3.49. The summed E-state index contributed by atoms with van der Waals surface area (Å²) in [4.78, 5) is 21.0. The Morgan fingerprint density at radius 3 is 2.20 bits per heavy atom. The molecular formula is C7H14N2O5S. The molecule has 0 aromatic rings. The van der Waals surface area contributed by atoms with E-state index in [2.05, 4.69) is 0 Å². The maximum atomic E-state index is 11.2. The van der Waals surface area contributed by atoms with Crippen LogP contribution in [0, 0.1) is 0 Å². The van der Waals surface area contributed by atoms with Crippen molar-refractivity contribution in [2.24, 2.45) is 0 Å². The molecule has 0 rings (SSSR count). The van der Waals surface area contributed by atoms with Gasteiger partial charge in [-0.15, -0.1) is 0 Å². The number of rotatable bonds is 6. The predicted octanol–water partition coefficient (Wildman–Crippen LogP) is -1.48. The molecule has 0 saturated carbocycles. The minimum Gasteiger partial charge on any atom is -0.480 e. The Labute approximate surface area is 87.9 Å². The van der Waals surface area contributed by atoms with Crippen molar-refractivity contribution in [3.63, 3.8) is 0 Å². The molecule has 0 spiro atoms. The highest BCUT2D eigenvalue weighted by Crippen LogP contribution is 1.94. The minimum absolute atomic E-state index is 0.451. The molecule has 0 fully saturated rings. The second-order valence-corrected chi connectivity index (χ2v) is 5.41. The second kappa shape index (κ2) is 5.66. The number of carboxylic acid groups (broad SMARTS) is 1. The van der Waals surface area contributed by atoms with E-state index in [1.54, 1.807) is 0 Å². The highest BCUT2D eigenvalue weighted by molar-refractivity contribution is 7.90. The standard InChI is InChI=1S/C7H14N2O5S/c1-5(2)15(13,14)9-3-6(10)8-4-7(11)12/h5,9H,3-4H2,1-2H3,(H,8,10)(H,11,12). The van der Waals surface area contributed by atoms with Crippen LogP contribution < -0.4 is 10.0 Å². The summed E-state index contributed by atoms with van der Waals surface area (Å²) in [6, 6.07) is 0. The summed E-state index contributed by atoms with van der Waals surface area (Å²) in [7, 11) is -3.49. The van der Waals surface area contributed by atoms with Crippen molar-refractivity contribution < 1.29 is 23.1 Å². The van der Waals surface area contributed by atoms with Gasteiger partial charge in [-0.1, -0.05) is 0 Å². The van der Waals surface area contributed by atoms with Gasteiger partial charge in [-0.05, 0) is 13.8 Å². The fourth-order valence-corrected chi connectivity index (χ4v) is 1.24. The van der Waals surface area contributed by atoms with Crippen LogP contribution in [0.2, 0.25) is 0 Å². The Morgan fingerprint density at radius 2 is 1.80 bits per heavy atom. The first-order valence-corrected chi connectivity index (χ1v) is 5.77. The van der Waals surface area contributed by atoms with E-state index >= 15 is 0 Å². The van der Waals surface area contributed by atoms with Gasteiger partial charge in [-0.2, -0.15) is 0 Å². The fourth-order valence-electron chi connectivity index (χ4n) is 0.570. The lowest BCUT2D eigenvalue weighted by molar-refractivity contribution is -0.137. The monoisotopic (exact) mass is 238 g/mol. The van der Waals surface area contributed by atoms with Crippen molar-refractivity contribution in [2.45, 2.75) is 19.1 Å². The van der Waals surface area contributed by atoms with Crippen LogP contribution in [-0.4, -0.2) is 43.7 Å². The van der Waals surface area contributed by atoms with Crippen LogP contribution in [0.5, 0.6) is 0 Å². The van der Waals surface area contributed by atoms with Gasteiger partial charge in [-0.25, -0.2) is 13.1 Å². The maximum absolute atomic E-state index is 11.2. The third-order valence-corrected chi connectivity index (χ3v) is 3.28. The van der Waals surface area contributed by atoms with Crippen molar-refractivity contribution in [1.29, 1.82) is 0 Å². The third-order valence-electron chi connectivity index (χ3n) is 1.49. The summed E-state index contributed by atoms with van der Waals surface area (Å²) in [5.41, 5.74) is 0. The molecule has 0 saturated heterocycles. The average molecular weight is 238 g/mol. The predicted molar refractivity (Wildman–Crippen MR) is 52.7 cm³/mol. The van der Waals surface area contributed by atoms with Crippen LogP contribution in [0.3, 0.4) is 0 Å². The zero-order chi connectivity index (χ0) is 12.1. The largest absolute Gasteiger partial charge is 0.480 e. The number of hydrogen-bond donors (Lipinski definition) is 3. The summed E-state index contributed by atoms with van der Waals surface area (Å²) < 4.78 is 24.4. The molecule has 0 aromatic heterocycles. The van der Waals surface area contributed by atoms with Gasteiger partial charge in [0.15, 0.2) is 0 Å². The van der Waals surface area contributed by atoms with Crippen LogP contribution in [0.15, 0.2) is 0 Å². The number of hydrogen-bond acceptors (Lipinski definition) is 4. The summed E-state index contributed by atoms with van der Waals surface area (Å²) in [5.74, 6) is -1.86. The molecule has 88 valence electrons. The lowest BCUT2D eigenvalue weighted by Gasteiger charge is -2.08. The van der Waals surface area contributed by atoms with Gasteiger partial charge in [0.05, 0.1) is 11.8 Å².